The van der Waals surface area contributed by atoms with Gasteiger partial charge in [-0.25, -0.2) is 0 Å². The summed E-state index contributed by atoms with van der Waals surface area (Å²) in [6, 6.07) is 12.6. The highest BCUT2D eigenvalue weighted by Gasteiger charge is 2.29. The number of halogens is 2. The van der Waals surface area contributed by atoms with Crippen molar-refractivity contribution < 1.29 is 14.3 Å². The van der Waals surface area contributed by atoms with Crippen molar-refractivity contribution in [2.75, 3.05) is 13.2 Å². The van der Waals surface area contributed by atoms with Crippen LogP contribution in [0.1, 0.15) is 65.0 Å². The summed E-state index contributed by atoms with van der Waals surface area (Å²) in [5.74, 6) is 0.149. The lowest BCUT2D eigenvalue weighted by atomic mass is 9.87. The van der Waals surface area contributed by atoms with Gasteiger partial charge in [-0.1, -0.05) is 76.9 Å². The lowest BCUT2D eigenvalue weighted by Crippen LogP contribution is -2.50. The summed E-state index contributed by atoms with van der Waals surface area (Å²) in [5, 5.41) is 3.52. The van der Waals surface area contributed by atoms with Gasteiger partial charge in [-0.15, -0.1) is 0 Å². The van der Waals surface area contributed by atoms with Crippen LogP contribution >= 0.6 is 27.5 Å². The van der Waals surface area contributed by atoms with Crippen molar-refractivity contribution in [2.24, 2.45) is 0 Å². The second-order valence-electron chi connectivity index (χ2n) is 9.37. The first-order chi connectivity index (χ1) is 16.1. The molecule has 0 saturated heterocycles. The van der Waals surface area contributed by atoms with Gasteiger partial charge in [-0.2, -0.15) is 0 Å². The second-order valence-corrected chi connectivity index (χ2v) is 10.6. The maximum absolute atomic E-state index is 13.4. The van der Waals surface area contributed by atoms with Crippen LogP contribution in [0.25, 0.3) is 0 Å². The predicted octanol–water partition coefficient (Wildman–Crippen LogP) is 6.50. The Morgan fingerprint density at radius 2 is 1.85 bits per heavy atom. The average Bonchev–Trinajstić information content (AvgIpc) is 2.78. The molecular formula is C27H36BrClN2O3. The van der Waals surface area contributed by atoms with Gasteiger partial charge < -0.3 is 15.0 Å². The van der Waals surface area contributed by atoms with Gasteiger partial charge in [0.15, 0.2) is 6.61 Å². The molecule has 0 radical (unpaired) electrons. The van der Waals surface area contributed by atoms with Gasteiger partial charge in [0, 0.05) is 18.1 Å². The molecule has 0 bridgehead atoms. The average molecular weight is 552 g/mol. The van der Waals surface area contributed by atoms with E-state index in [9.17, 15) is 9.59 Å². The second kappa shape index (κ2) is 13.1. The summed E-state index contributed by atoms with van der Waals surface area (Å²) in [6.07, 6.45) is 2.36. The van der Waals surface area contributed by atoms with Gasteiger partial charge in [0.1, 0.15) is 11.8 Å². The molecule has 2 aromatic rings. The minimum absolute atomic E-state index is 0.00209. The SMILES string of the molecule is CCCCNC(=O)[C@@H](CC)N(Cc1ccccc1Cl)C(=O)COc1ccc(C(C)(C)C)cc1Br. The molecule has 0 aromatic heterocycles. The predicted molar refractivity (Wildman–Crippen MR) is 142 cm³/mol. The monoisotopic (exact) mass is 550 g/mol. The van der Waals surface area contributed by atoms with Crippen LogP contribution in [0.5, 0.6) is 5.75 Å². The number of amides is 2. The number of benzene rings is 2. The lowest BCUT2D eigenvalue weighted by Gasteiger charge is -2.31. The van der Waals surface area contributed by atoms with Gasteiger partial charge in [0.2, 0.25) is 5.91 Å². The molecule has 1 N–H and O–H groups in total. The van der Waals surface area contributed by atoms with E-state index in [2.05, 4.69) is 48.9 Å². The molecule has 0 fully saturated rings. The molecule has 0 saturated carbocycles. The molecule has 2 amide bonds. The zero-order valence-electron chi connectivity index (χ0n) is 20.8. The van der Waals surface area contributed by atoms with Crippen molar-refractivity contribution in [3.05, 3.63) is 63.1 Å². The minimum atomic E-state index is -0.615. The third-order valence-corrected chi connectivity index (χ3v) is 6.65. The van der Waals surface area contributed by atoms with Crippen molar-refractivity contribution >= 4 is 39.3 Å². The van der Waals surface area contributed by atoms with E-state index in [1.807, 2.05) is 43.3 Å². The van der Waals surface area contributed by atoms with E-state index in [0.29, 0.717) is 23.7 Å². The fourth-order valence-electron chi connectivity index (χ4n) is 3.54. The van der Waals surface area contributed by atoms with Crippen molar-refractivity contribution in [3.63, 3.8) is 0 Å². The topological polar surface area (TPSA) is 58.6 Å². The van der Waals surface area contributed by atoms with Gasteiger partial charge in [0.05, 0.1) is 4.47 Å². The van der Waals surface area contributed by atoms with Crippen LogP contribution in [0.3, 0.4) is 0 Å². The van der Waals surface area contributed by atoms with E-state index in [1.165, 1.54) is 0 Å². The first-order valence-electron chi connectivity index (χ1n) is 11.8. The molecular weight excluding hydrogens is 516 g/mol. The molecule has 34 heavy (non-hydrogen) atoms. The number of hydrogen-bond donors (Lipinski definition) is 1. The lowest BCUT2D eigenvalue weighted by molar-refractivity contribution is -0.143. The molecule has 7 heteroatoms. The summed E-state index contributed by atoms with van der Waals surface area (Å²) in [6.45, 7) is 11.0. The van der Waals surface area contributed by atoms with Crippen LogP contribution in [0.4, 0.5) is 0 Å². The van der Waals surface area contributed by atoms with Gasteiger partial charge >= 0.3 is 0 Å². The summed E-state index contributed by atoms with van der Waals surface area (Å²) in [5.41, 5.74) is 1.95. The number of unbranched alkanes of at least 4 members (excludes halogenated alkanes) is 1. The molecule has 0 aliphatic rings. The van der Waals surface area contributed by atoms with E-state index in [4.69, 9.17) is 16.3 Å². The van der Waals surface area contributed by atoms with Crippen LogP contribution in [0.2, 0.25) is 5.02 Å². The van der Waals surface area contributed by atoms with E-state index in [-0.39, 0.29) is 30.4 Å². The summed E-state index contributed by atoms with van der Waals surface area (Å²) in [7, 11) is 0. The Morgan fingerprint density at radius 1 is 1.15 bits per heavy atom. The zero-order valence-corrected chi connectivity index (χ0v) is 23.1. The number of ether oxygens (including phenoxy) is 1. The van der Waals surface area contributed by atoms with Crippen LogP contribution in [-0.4, -0.2) is 35.9 Å². The Hall–Kier alpha value is -2.05. The van der Waals surface area contributed by atoms with Crippen LogP contribution in [-0.2, 0) is 21.5 Å². The van der Waals surface area contributed by atoms with Crippen molar-refractivity contribution in [1.82, 2.24) is 10.2 Å². The Bertz CT molecular complexity index is 975. The molecule has 5 nitrogen and oxygen atoms in total. The molecule has 2 aromatic carbocycles. The molecule has 0 unspecified atom stereocenters. The highest BCUT2D eigenvalue weighted by atomic mass is 79.9. The molecule has 186 valence electrons. The maximum atomic E-state index is 13.4. The maximum Gasteiger partial charge on any atom is 0.261 e. The Labute approximate surface area is 217 Å². The number of nitrogens with one attached hydrogen (secondary N) is 1. The number of carbonyl (C=O) groups excluding carboxylic acids is 2. The fourth-order valence-corrected chi connectivity index (χ4v) is 4.23. The quantitative estimate of drug-likeness (QED) is 0.324. The third-order valence-electron chi connectivity index (χ3n) is 5.66. The van der Waals surface area contributed by atoms with Crippen molar-refractivity contribution in [3.8, 4) is 5.75 Å². The summed E-state index contributed by atoms with van der Waals surface area (Å²) >= 11 is 9.93. The van der Waals surface area contributed by atoms with E-state index in [0.717, 1.165) is 28.4 Å². The van der Waals surface area contributed by atoms with E-state index < -0.39 is 6.04 Å². The van der Waals surface area contributed by atoms with Crippen molar-refractivity contribution in [1.29, 1.82) is 0 Å². The standard InChI is InChI=1S/C27H36BrClN2O3/c1-6-8-15-30-26(33)23(7-2)31(17-19-11-9-10-12-22(19)29)25(32)18-34-24-14-13-20(16-21(24)28)27(3,4)5/h9-14,16,23H,6-8,15,17-18H2,1-5H3,(H,30,33)/t23-/m1/s1. The first-order valence-corrected chi connectivity index (χ1v) is 13.0. The van der Waals surface area contributed by atoms with Gasteiger partial charge in [0.25, 0.3) is 5.91 Å². The Balaban J connectivity index is 2.22. The molecule has 0 spiro atoms. The highest BCUT2D eigenvalue weighted by Crippen LogP contribution is 2.31. The van der Waals surface area contributed by atoms with Crippen molar-refractivity contribution in [2.45, 2.75) is 71.9 Å². The smallest absolute Gasteiger partial charge is 0.261 e. The highest BCUT2D eigenvalue weighted by molar-refractivity contribution is 9.10. The number of carbonyl (C=O) groups is 2. The summed E-state index contributed by atoms with van der Waals surface area (Å²) < 4.78 is 6.67. The minimum Gasteiger partial charge on any atom is -0.483 e. The normalized spacial score (nSPS) is 12.2. The van der Waals surface area contributed by atoms with E-state index in [1.54, 1.807) is 11.0 Å². The number of nitrogens with zero attached hydrogens (tertiary/aromatic N) is 1. The molecule has 0 aliphatic carbocycles. The fraction of sp³-hybridized carbons (Fsp3) is 0.481. The van der Waals surface area contributed by atoms with Gasteiger partial charge in [-0.3, -0.25) is 9.59 Å². The number of rotatable bonds is 11. The van der Waals surface area contributed by atoms with Crippen LogP contribution in [0, 0.1) is 0 Å². The van der Waals surface area contributed by atoms with E-state index >= 15 is 0 Å². The zero-order chi connectivity index (χ0) is 25.3. The molecule has 0 heterocycles. The first kappa shape index (κ1) is 28.2. The van der Waals surface area contributed by atoms with Crippen LogP contribution in [0.15, 0.2) is 46.9 Å². The third kappa shape index (κ3) is 8.02. The molecule has 1 atom stereocenters. The van der Waals surface area contributed by atoms with Crippen LogP contribution < -0.4 is 10.1 Å². The molecule has 0 aliphatic heterocycles. The summed E-state index contributed by atoms with van der Waals surface area (Å²) in [4.78, 5) is 27.9. The van der Waals surface area contributed by atoms with Gasteiger partial charge in [-0.05, 0) is 63.5 Å². The number of hydrogen-bond acceptors (Lipinski definition) is 3. The Kier molecular flexibility index (Phi) is 10.9. The molecule has 2 rings (SSSR count). The Morgan fingerprint density at radius 3 is 2.44 bits per heavy atom. The largest absolute Gasteiger partial charge is 0.483 e.